The topological polar surface area (TPSA) is 29.1 Å². The van der Waals surface area contributed by atoms with Crippen LogP contribution in [-0.4, -0.2) is 13.4 Å². The third kappa shape index (κ3) is 1.47. The number of hydrogen-bond acceptors (Lipinski definition) is 1. The third-order valence-electron chi connectivity index (χ3n) is 0.0456. The summed E-state index contributed by atoms with van der Waals surface area (Å²) in [6.45, 7) is -2.81. The van der Waals surface area contributed by atoms with Crippen molar-refractivity contribution < 1.29 is 11.7 Å². The second-order valence-electron chi connectivity index (χ2n) is 0.203. The number of rotatable bonds is 0. The van der Waals surface area contributed by atoms with Crippen molar-refractivity contribution in [3.05, 3.63) is 0 Å². The van der Waals surface area contributed by atoms with Crippen LogP contribution in [-0.2, 0) is 4.79 Å². The molecule has 2 heteroatoms. The molecule has 0 aliphatic carbocycles. The van der Waals surface area contributed by atoms with Gasteiger partial charge in [0.2, 0.25) is 6.39 Å². The SMILES string of the molecule is [2H]C(=O)N([2H])C([2H])([2H])[2H]. The van der Waals surface area contributed by atoms with E-state index in [0.717, 1.165) is 0 Å². The van der Waals surface area contributed by atoms with E-state index in [1.54, 1.807) is 0 Å². The first kappa shape index (κ1) is 0.379. The van der Waals surface area contributed by atoms with Crippen molar-refractivity contribution in [1.29, 1.82) is 0 Å². The molecule has 0 saturated carbocycles. The quantitative estimate of drug-likeness (QED) is 0.373. The number of carbonyl (C=O) groups is 1. The minimum Gasteiger partial charge on any atom is -0.362 e. The lowest BCUT2D eigenvalue weighted by atomic mass is 11.2. The second-order valence-corrected chi connectivity index (χ2v) is 0.203. The molecule has 0 aliphatic rings. The molecule has 0 bridgehead atoms. The van der Waals surface area contributed by atoms with Crippen molar-refractivity contribution >= 4 is 6.39 Å². The smallest absolute Gasteiger partial charge is 0.206 e. The highest BCUT2D eigenvalue weighted by Crippen LogP contribution is 1.09. The Labute approximate surface area is 31.9 Å². The summed E-state index contributed by atoms with van der Waals surface area (Å²) >= 11 is 0. The first-order valence-corrected chi connectivity index (χ1v) is 0.651. The van der Waals surface area contributed by atoms with E-state index in [-0.39, 0.29) is 5.31 Å². The molecule has 0 aliphatic heterocycles. The monoisotopic (exact) mass is 64.1 g/mol. The highest BCUT2D eigenvalue weighted by molar-refractivity contribution is 5.44. The maximum atomic E-state index is 9.84. The van der Waals surface area contributed by atoms with Gasteiger partial charge in [0.15, 0.2) is 1.41 Å². The van der Waals surface area contributed by atoms with Gasteiger partial charge in [0, 0.05) is 11.1 Å². The van der Waals surface area contributed by atoms with E-state index >= 15 is 0 Å². The Morgan fingerprint density at radius 3 is 3.75 bits per heavy atom. The molecule has 0 unspecified atom stereocenters. The van der Waals surface area contributed by atoms with E-state index < -0.39 is 13.4 Å². The van der Waals surface area contributed by atoms with Gasteiger partial charge in [-0.1, -0.05) is 0 Å². The van der Waals surface area contributed by atoms with Crippen LogP contribution in [0.25, 0.3) is 0 Å². The highest BCUT2D eigenvalue weighted by Gasteiger charge is 1.43. The van der Waals surface area contributed by atoms with Crippen molar-refractivity contribution in [3.63, 3.8) is 0 Å². The normalized spacial score (nSPS) is 26.5. The molecule has 0 aromatic heterocycles. The van der Waals surface area contributed by atoms with Gasteiger partial charge in [-0.25, -0.2) is 0 Å². The van der Waals surface area contributed by atoms with Crippen molar-refractivity contribution in [1.82, 2.24) is 5.31 Å². The van der Waals surface area contributed by atoms with Crippen LogP contribution in [0.3, 0.4) is 0 Å². The molecule has 0 saturated heterocycles. The Kier molecular flexibility index (Phi) is 0.234. The number of hydrogen-bond donors (Lipinski definition) is 1. The molecule has 0 spiro atoms. The van der Waals surface area contributed by atoms with Crippen molar-refractivity contribution in [2.75, 3.05) is 6.98 Å². The van der Waals surface area contributed by atoms with E-state index in [9.17, 15) is 4.79 Å². The zero-order valence-electron chi connectivity index (χ0n) is 6.86. The summed E-state index contributed by atoms with van der Waals surface area (Å²) in [5.74, 6) is 0. The number of amides is 1. The van der Waals surface area contributed by atoms with E-state index in [1.165, 1.54) is 0 Å². The van der Waals surface area contributed by atoms with Gasteiger partial charge in [0.1, 0.15) is 1.37 Å². The van der Waals surface area contributed by atoms with Crippen LogP contribution in [0.15, 0.2) is 0 Å². The molecule has 0 aromatic rings. The molecule has 4 heavy (non-hydrogen) atoms. The van der Waals surface area contributed by atoms with Crippen molar-refractivity contribution in [2.45, 2.75) is 0 Å². The zero-order valence-corrected chi connectivity index (χ0v) is 1.86. The summed E-state index contributed by atoms with van der Waals surface area (Å²) in [5, 5.41) is -0.368. The van der Waals surface area contributed by atoms with Gasteiger partial charge in [-0.05, 0) is 0 Å². The van der Waals surface area contributed by atoms with Crippen LogP contribution in [0.1, 0.15) is 5.48 Å². The van der Waals surface area contributed by atoms with E-state index in [0.29, 0.717) is 0 Å². The lowest BCUT2D eigenvalue weighted by molar-refractivity contribution is -0.109. The third-order valence-corrected chi connectivity index (χ3v) is 0.0456. The van der Waals surface area contributed by atoms with Gasteiger partial charge >= 0.3 is 0 Å². The second kappa shape index (κ2) is 2.47. The average molecular weight is 64.1 g/mol. The van der Waals surface area contributed by atoms with Gasteiger partial charge in [-0.3, -0.25) is 4.79 Å². The van der Waals surface area contributed by atoms with Crippen molar-refractivity contribution in [2.24, 2.45) is 0 Å². The van der Waals surface area contributed by atoms with Crippen LogP contribution >= 0.6 is 0 Å². The Hall–Kier alpha value is -0.530. The molecular weight excluding hydrogens is 54.0 g/mol. The molecule has 0 radical (unpaired) electrons. The maximum Gasteiger partial charge on any atom is 0.206 e. The number of nitrogens with one attached hydrogen (secondary N) is 1. The molecule has 0 atom stereocenters. The first-order chi connectivity index (χ1) is 3.85. The summed E-state index contributed by atoms with van der Waals surface area (Å²) < 4.78 is 31.8. The zero-order chi connectivity index (χ0) is 7.65. The molecule has 0 fully saturated rings. The summed E-state index contributed by atoms with van der Waals surface area (Å²) in [7, 11) is 0. The van der Waals surface area contributed by atoms with Crippen LogP contribution in [0.5, 0.6) is 0 Å². The molecule has 0 heterocycles. The fourth-order valence-corrected chi connectivity index (χ4v) is 0. The molecule has 24 valence electrons. The van der Waals surface area contributed by atoms with Crippen LogP contribution in [0.2, 0.25) is 1.41 Å². The predicted molar refractivity (Wildman–Crippen MR) is 15.1 cm³/mol. The molecule has 2 nitrogen and oxygen atoms in total. The Balaban J connectivity index is 4.04. The first-order valence-electron chi connectivity index (χ1n) is 3.10. The van der Waals surface area contributed by atoms with Gasteiger partial charge < -0.3 is 5.31 Å². The molecule has 1 amide bonds. The summed E-state index contributed by atoms with van der Waals surface area (Å²) in [4.78, 5) is 9.84. The molecule has 1 N–H and O–H groups in total. The Bertz CT molecular complexity index is 119. The Morgan fingerprint density at radius 1 is 3.00 bits per heavy atom. The minimum absolute atomic E-state index is 0.368. The average Bonchev–Trinajstić information content (AvgIpc) is 1.62. The van der Waals surface area contributed by atoms with Crippen LogP contribution in [0.4, 0.5) is 0 Å². The van der Waals surface area contributed by atoms with E-state index in [4.69, 9.17) is 6.89 Å². The van der Waals surface area contributed by atoms with Crippen LogP contribution in [0, 0.1) is 0 Å². The van der Waals surface area contributed by atoms with Crippen LogP contribution < -0.4 is 5.31 Å². The lowest BCUT2D eigenvalue weighted by Crippen LogP contribution is -1.98. The van der Waals surface area contributed by atoms with Crippen molar-refractivity contribution in [3.8, 4) is 0 Å². The molecular formula is C2H5NO. The van der Waals surface area contributed by atoms with Gasteiger partial charge in [0.25, 0.3) is 0 Å². The summed E-state index contributed by atoms with van der Waals surface area (Å²) in [6, 6.07) is 0. The van der Waals surface area contributed by atoms with E-state index in [1.807, 2.05) is 0 Å². The number of carbonyl (C=O) groups excluding carboxylic acids is 1. The molecule has 0 rings (SSSR count). The summed E-state index contributed by atoms with van der Waals surface area (Å²) in [6.07, 6.45) is -1.53. The fourth-order valence-electron chi connectivity index (χ4n) is 0. The lowest BCUT2D eigenvalue weighted by Gasteiger charge is -1.64. The maximum absolute atomic E-state index is 9.84. The van der Waals surface area contributed by atoms with Gasteiger partial charge in [-0.15, -0.1) is 0 Å². The van der Waals surface area contributed by atoms with Gasteiger partial charge in [-0.2, -0.15) is 0 Å². The van der Waals surface area contributed by atoms with E-state index in [2.05, 4.69) is 0 Å². The standard InChI is InChI=1S/C2H5NO/c1-3-2-4/h2H,1H3,(H,3,4)/i1D3,2D/hD. The summed E-state index contributed by atoms with van der Waals surface area (Å²) in [5.41, 5.74) is 0. The Morgan fingerprint density at radius 2 is 3.75 bits per heavy atom. The highest BCUT2D eigenvalue weighted by atomic mass is 16.1. The predicted octanol–water partition coefficient (Wildman–Crippen LogP) is -0.638. The minimum atomic E-state index is -2.81. The largest absolute Gasteiger partial charge is 0.362 e. The van der Waals surface area contributed by atoms with Gasteiger partial charge in [0.05, 0.1) is 0 Å². The fraction of sp³-hybridized carbons (Fsp3) is 0.500. The molecule has 0 aromatic carbocycles.